The second kappa shape index (κ2) is 5.32. The van der Waals surface area contributed by atoms with E-state index in [9.17, 15) is 0 Å². The van der Waals surface area contributed by atoms with Crippen LogP contribution in [0.4, 0.5) is 5.69 Å². The molecule has 3 heteroatoms. The molecule has 1 fully saturated rings. The molecule has 16 heavy (non-hydrogen) atoms. The third-order valence-electron chi connectivity index (χ3n) is 3.25. The van der Waals surface area contributed by atoms with Crippen molar-refractivity contribution < 1.29 is 0 Å². The van der Waals surface area contributed by atoms with E-state index in [4.69, 9.17) is 5.73 Å². The Kier molecular flexibility index (Phi) is 3.80. The molecule has 1 heterocycles. The minimum atomic E-state index is 0.558. The second-order valence-electron chi connectivity index (χ2n) is 4.42. The van der Waals surface area contributed by atoms with Crippen molar-refractivity contribution in [1.29, 1.82) is 0 Å². The van der Waals surface area contributed by atoms with Gasteiger partial charge in [0.2, 0.25) is 0 Å². The van der Waals surface area contributed by atoms with Gasteiger partial charge in [0.15, 0.2) is 0 Å². The van der Waals surface area contributed by atoms with Crippen molar-refractivity contribution in [2.75, 3.05) is 18.8 Å². The highest BCUT2D eigenvalue weighted by atomic mass is 15.3. The van der Waals surface area contributed by atoms with E-state index in [0.29, 0.717) is 6.17 Å². The molecule has 1 aromatic carbocycles. The molecular weight excluding hydrogens is 198 g/mol. The van der Waals surface area contributed by atoms with Crippen molar-refractivity contribution in [2.45, 2.75) is 32.5 Å². The van der Waals surface area contributed by atoms with Gasteiger partial charge in [-0.25, -0.2) is 0 Å². The number of hydrogen-bond acceptors (Lipinski definition) is 3. The predicted octanol–water partition coefficient (Wildman–Crippen LogP) is 1.80. The Morgan fingerprint density at radius 2 is 2.12 bits per heavy atom. The van der Waals surface area contributed by atoms with Crippen LogP contribution in [0.2, 0.25) is 0 Å². The lowest BCUT2D eigenvalue weighted by molar-refractivity contribution is 0.182. The lowest BCUT2D eigenvalue weighted by Gasteiger charge is -2.27. The second-order valence-corrected chi connectivity index (χ2v) is 4.42. The minimum absolute atomic E-state index is 0.558. The SMILES string of the molecule is CCN(Cc1ccc(N)cc1)C1CCCN1. The normalized spacial score (nSPS) is 20.5. The van der Waals surface area contributed by atoms with Gasteiger partial charge in [-0.05, 0) is 43.6 Å². The van der Waals surface area contributed by atoms with Crippen LogP contribution in [0.1, 0.15) is 25.3 Å². The quantitative estimate of drug-likeness (QED) is 0.759. The number of nitrogens with one attached hydrogen (secondary N) is 1. The third-order valence-corrected chi connectivity index (χ3v) is 3.25. The summed E-state index contributed by atoms with van der Waals surface area (Å²) in [6.07, 6.45) is 3.12. The summed E-state index contributed by atoms with van der Waals surface area (Å²) in [5, 5.41) is 3.54. The Labute approximate surface area is 97.6 Å². The summed E-state index contributed by atoms with van der Waals surface area (Å²) in [7, 11) is 0. The standard InChI is InChI=1S/C13H21N3/c1-2-16(13-4-3-9-15-13)10-11-5-7-12(14)8-6-11/h5-8,13,15H,2-4,9-10,14H2,1H3. The van der Waals surface area contributed by atoms with Crippen LogP contribution in [-0.4, -0.2) is 24.2 Å². The maximum absolute atomic E-state index is 5.69. The van der Waals surface area contributed by atoms with E-state index in [2.05, 4.69) is 29.3 Å². The number of nitrogen functional groups attached to an aromatic ring is 1. The first-order valence-corrected chi connectivity index (χ1v) is 6.11. The molecule has 0 saturated carbocycles. The zero-order chi connectivity index (χ0) is 11.4. The largest absolute Gasteiger partial charge is 0.399 e. The molecule has 1 atom stereocenters. The Morgan fingerprint density at radius 1 is 1.38 bits per heavy atom. The Morgan fingerprint density at radius 3 is 2.69 bits per heavy atom. The van der Waals surface area contributed by atoms with Gasteiger partial charge in [0.25, 0.3) is 0 Å². The molecule has 1 aromatic rings. The summed E-state index contributed by atoms with van der Waals surface area (Å²) >= 11 is 0. The molecule has 0 spiro atoms. The van der Waals surface area contributed by atoms with Crippen LogP contribution < -0.4 is 11.1 Å². The van der Waals surface area contributed by atoms with Gasteiger partial charge < -0.3 is 11.1 Å². The van der Waals surface area contributed by atoms with Gasteiger partial charge >= 0.3 is 0 Å². The molecule has 0 radical (unpaired) electrons. The fraction of sp³-hybridized carbons (Fsp3) is 0.538. The van der Waals surface area contributed by atoms with E-state index in [1.165, 1.54) is 18.4 Å². The molecule has 2 rings (SSSR count). The molecular formula is C13H21N3. The van der Waals surface area contributed by atoms with Gasteiger partial charge in [0.1, 0.15) is 0 Å². The van der Waals surface area contributed by atoms with Crippen molar-refractivity contribution in [3.8, 4) is 0 Å². The van der Waals surface area contributed by atoms with Gasteiger partial charge in [-0.3, -0.25) is 4.90 Å². The van der Waals surface area contributed by atoms with Gasteiger partial charge in [0.05, 0.1) is 6.17 Å². The van der Waals surface area contributed by atoms with E-state index in [1.807, 2.05) is 12.1 Å². The van der Waals surface area contributed by atoms with Crippen molar-refractivity contribution >= 4 is 5.69 Å². The number of benzene rings is 1. The van der Waals surface area contributed by atoms with Crippen LogP contribution in [0.25, 0.3) is 0 Å². The van der Waals surface area contributed by atoms with Gasteiger partial charge in [-0.2, -0.15) is 0 Å². The Balaban J connectivity index is 1.97. The van der Waals surface area contributed by atoms with E-state index >= 15 is 0 Å². The Bertz CT molecular complexity index is 314. The summed E-state index contributed by atoms with van der Waals surface area (Å²) in [6.45, 7) is 5.47. The summed E-state index contributed by atoms with van der Waals surface area (Å²) in [5.41, 5.74) is 7.86. The lowest BCUT2D eigenvalue weighted by atomic mass is 10.2. The zero-order valence-electron chi connectivity index (χ0n) is 9.95. The smallest absolute Gasteiger partial charge is 0.0600 e. The van der Waals surface area contributed by atoms with Crippen molar-refractivity contribution in [3.63, 3.8) is 0 Å². The van der Waals surface area contributed by atoms with Crippen LogP contribution in [0.5, 0.6) is 0 Å². The van der Waals surface area contributed by atoms with Crippen LogP contribution >= 0.6 is 0 Å². The van der Waals surface area contributed by atoms with E-state index in [-0.39, 0.29) is 0 Å². The molecule has 3 nitrogen and oxygen atoms in total. The monoisotopic (exact) mass is 219 g/mol. The minimum Gasteiger partial charge on any atom is -0.399 e. The highest BCUT2D eigenvalue weighted by Gasteiger charge is 2.20. The van der Waals surface area contributed by atoms with Crippen LogP contribution in [0.15, 0.2) is 24.3 Å². The highest BCUT2D eigenvalue weighted by Crippen LogP contribution is 2.15. The molecule has 0 bridgehead atoms. The maximum atomic E-state index is 5.69. The van der Waals surface area contributed by atoms with Crippen LogP contribution in [0, 0.1) is 0 Å². The first-order chi connectivity index (χ1) is 7.79. The molecule has 3 N–H and O–H groups in total. The van der Waals surface area contributed by atoms with Crippen LogP contribution in [-0.2, 0) is 6.54 Å². The Hall–Kier alpha value is -1.06. The van der Waals surface area contributed by atoms with Gasteiger partial charge in [-0.15, -0.1) is 0 Å². The van der Waals surface area contributed by atoms with E-state index in [1.54, 1.807) is 0 Å². The highest BCUT2D eigenvalue weighted by molar-refractivity contribution is 5.39. The molecule has 0 amide bonds. The van der Waals surface area contributed by atoms with E-state index in [0.717, 1.165) is 25.3 Å². The predicted molar refractivity (Wildman–Crippen MR) is 68.0 cm³/mol. The van der Waals surface area contributed by atoms with Gasteiger partial charge in [-0.1, -0.05) is 19.1 Å². The molecule has 0 aliphatic carbocycles. The summed E-state index contributed by atoms with van der Waals surface area (Å²) in [4.78, 5) is 2.48. The average molecular weight is 219 g/mol. The summed E-state index contributed by atoms with van der Waals surface area (Å²) in [6, 6.07) is 8.19. The van der Waals surface area contributed by atoms with E-state index < -0.39 is 0 Å². The number of hydrogen-bond donors (Lipinski definition) is 2. The lowest BCUT2D eigenvalue weighted by Crippen LogP contribution is -2.41. The fourth-order valence-corrected chi connectivity index (χ4v) is 2.28. The van der Waals surface area contributed by atoms with Crippen molar-refractivity contribution in [2.24, 2.45) is 0 Å². The molecule has 1 unspecified atom stereocenters. The fourth-order valence-electron chi connectivity index (χ4n) is 2.28. The van der Waals surface area contributed by atoms with Crippen molar-refractivity contribution in [3.05, 3.63) is 29.8 Å². The first-order valence-electron chi connectivity index (χ1n) is 6.11. The number of rotatable bonds is 4. The topological polar surface area (TPSA) is 41.3 Å². The molecule has 0 aromatic heterocycles. The molecule has 88 valence electrons. The number of anilines is 1. The van der Waals surface area contributed by atoms with Crippen LogP contribution in [0.3, 0.4) is 0 Å². The molecule has 1 saturated heterocycles. The number of nitrogens with zero attached hydrogens (tertiary/aromatic N) is 1. The maximum Gasteiger partial charge on any atom is 0.0600 e. The molecule has 1 aliphatic heterocycles. The number of nitrogens with two attached hydrogens (primary N) is 1. The zero-order valence-corrected chi connectivity index (χ0v) is 9.95. The summed E-state index contributed by atoms with van der Waals surface area (Å²) < 4.78 is 0. The van der Waals surface area contributed by atoms with Gasteiger partial charge in [0, 0.05) is 12.2 Å². The summed E-state index contributed by atoms with van der Waals surface area (Å²) in [5.74, 6) is 0. The van der Waals surface area contributed by atoms with Crippen molar-refractivity contribution in [1.82, 2.24) is 10.2 Å². The first kappa shape index (κ1) is 11.4. The third kappa shape index (κ3) is 2.74. The molecule has 1 aliphatic rings. The average Bonchev–Trinajstić information content (AvgIpc) is 2.82.